The van der Waals surface area contributed by atoms with Crippen LogP contribution in [-0.2, 0) is 0 Å². The Morgan fingerprint density at radius 3 is 2.36 bits per heavy atom. The fraction of sp³-hybridized carbons (Fsp3) is 0.917. The Balaban J connectivity index is 1.92. The van der Waals surface area contributed by atoms with Crippen molar-refractivity contribution in [3.05, 3.63) is 0 Å². The van der Waals surface area contributed by atoms with Crippen LogP contribution in [0.2, 0.25) is 0 Å². The Bertz CT molecular complexity index is 206. The van der Waals surface area contributed by atoms with Gasteiger partial charge in [0.05, 0.1) is 5.84 Å². The zero-order valence-electron chi connectivity index (χ0n) is 9.26. The summed E-state index contributed by atoms with van der Waals surface area (Å²) in [6.45, 7) is 4.60. The van der Waals surface area contributed by atoms with Crippen LogP contribution in [0.15, 0.2) is 0 Å². The number of piperidine rings is 1. The van der Waals surface area contributed by atoms with Crippen molar-refractivity contribution in [3.63, 3.8) is 0 Å². The molecular weight excluding hydrogens is 172 g/mol. The zero-order valence-corrected chi connectivity index (χ0v) is 9.26. The van der Waals surface area contributed by atoms with Gasteiger partial charge in [0.25, 0.3) is 0 Å². The summed E-state index contributed by atoms with van der Waals surface area (Å²) in [5.74, 6) is 2.28. The van der Waals surface area contributed by atoms with Crippen LogP contribution < -0.4 is 0 Å². The van der Waals surface area contributed by atoms with Crippen LogP contribution in [0, 0.1) is 17.2 Å². The number of amidine groups is 1. The molecule has 2 aliphatic rings. The first-order valence-corrected chi connectivity index (χ1v) is 6.12. The smallest absolute Gasteiger partial charge is 0.0992 e. The summed E-state index contributed by atoms with van der Waals surface area (Å²) in [6.07, 6.45) is 7.89. The van der Waals surface area contributed by atoms with Gasteiger partial charge in [-0.3, -0.25) is 5.41 Å². The van der Waals surface area contributed by atoms with Crippen LogP contribution >= 0.6 is 0 Å². The molecule has 0 amide bonds. The van der Waals surface area contributed by atoms with E-state index in [-0.39, 0.29) is 0 Å². The van der Waals surface area contributed by atoms with Crippen molar-refractivity contribution in [3.8, 4) is 0 Å². The highest BCUT2D eigenvalue weighted by Crippen LogP contribution is 2.33. The summed E-state index contributed by atoms with van der Waals surface area (Å²) in [5, 5.41) is 8.24. The molecule has 0 radical (unpaired) electrons. The van der Waals surface area contributed by atoms with Gasteiger partial charge in [-0.2, -0.15) is 0 Å². The number of nitrogens with one attached hydrogen (secondary N) is 1. The fourth-order valence-corrected chi connectivity index (χ4v) is 2.92. The maximum absolute atomic E-state index is 8.24. The number of nitrogens with zero attached hydrogens (tertiary/aromatic N) is 1. The molecule has 0 aromatic rings. The lowest BCUT2D eigenvalue weighted by Crippen LogP contribution is -2.39. The molecule has 2 unspecified atom stereocenters. The van der Waals surface area contributed by atoms with Crippen LogP contribution in [0.25, 0.3) is 0 Å². The third-order valence-electron chi connectivity index (χ3n) is 3.91. The van der Waals surface area contributed by atoms with E-state index in [1.54, 1.807) is 0 Å². The van der Waals surface area contributed by atoms with E-state index >= 15 is 0 Å². The van der Waals surface area contributed by atoms with Crippen LogP contribution in [0.3, 0.4) is 0 Å². The fourth-order valence-electron chi connectivity index (χ4n) is 2.92. The molecule has 1 saturated heterocycles. The standard InChI is InChI=1S/C12H22N2/c1-10-6-5-7-11(10)12(13)14-8-3-2-4-9-14/h10-11,13H,2-9H2,1H3. The van der Waals surface area contributed by atoms with Gasteiger partial charge >= 0.3 is 0 Å². The van der Waals surface area contributed by atoms with Crippen molar-refractivity contribution in [2.45, 2.75) is 45.4 Å². The van der Waals surface area contributed by atoms with E-state index in [1.165, 1.54) is 38.5 Å². The molecule has 0 aromatic heterocycles. The molecule has 1 saturated carbocycles. The summed E-state index contributed by atoms with van der Waals surface area (Å²) in [4.78, 5) is 2.33. The third-order valence-corrected chi connectivity index (χ3v) is 3.91. The third kappa shape index (κ3) is 1.94. The number of hydrogen-bond donors (Lipinski definition) is 1. The van der Waals surface area contributed by atoms with Crippen LogP contribution in [0.5, 0.6) is 0 Å². The van der Waals surface area contributed by atoms with Gasteiger partial charge in [0.1, 0.15) is 0 Å². The van der Waals surface area contributed by atoms with Gasteiger partial charge in [0.2, 0.25) is 0 Å². The Morgan fingerprint density at radius 2 is 1.79 bits per heavy atom. The molecule has 1 aliphatic heterocycles. The Kier molecular flexibility index (Phi) is 3.09. The molecule has 2 nitrogen and oxygen atoms in total. The van der Waals surface area contributed by atoms with Gasteiger partial charge in [-0.15, -0.1) is 0 Å². The van der Waals surface area contributed by atoms with Crippen LogP contribution in [0.4, 0.5) is 0 Å². The molecule has 14 heavy (non-hydrogen) atoms. The summed E-state index contributed by atoms with van der Waals surface area (Å²) in [7, 11) is 0. The Morgan fingerprint density at radius 1 is 1.07 bits per heavy atom. The summed E-state index contributed by atoms with van der Waals surface area (Å²) < 4.78 is 0. The largest absolute Gasteiger partial charge is 0.360 e. The van der Waals surface area contributed by atoms with Crippen molar-refractivity contribution in [1.29, 1.82) is 5.41 Å². The first kappa shape index (κ1) is 10.0. The van der Waals surface area contributed by atoms with E-state index < -0.39 is 0 Å². The molecule has 0 aromatic carbocycles. The first-order valence-electron chi connectivity index (χ1n) is 6.12. The quantitative estimate of drug-likeness (QED) is 0.504. The molecule has 2 fully saturated rings. The van der Waals surface area contributed by atoms with Crippen LogP contribution in [-0.4, -0.2) is 23.8 Å². The SMILES string of the molecule is CC1CCCC1C(=N)N1CCCCC1. The molecule has 2 heteroatoms. The van der Waals surface area contributed by atoms with Crippen molar-refractivity contribution in [2.24, 2.45) is 11.8 Å². The topological polar surface area (TPSA) is 27.1 Å². The minimum Gasteiger partial charge on any atom is -0.360 e. The van der Waals surface area contributed by atoms with E-state index in [9.17, 15) is 0 Å². The van der Waals surface area contributed by atoms with Crippen molar-refractivity contribution in [1.82, 2.24) is 4.90 Å². The lowest BCUT2D eigenvalue weighted by atomic mass is 9.95. The lowest BCUT2D eigenvalue weighted by molar-refractivity contribution is 0.314. The average Bonchev–Trinajstić information content (AvgIpc) is 2.65. The van der Waals surface area contributed by atoms with Gasteiger partial charge in [-0.25, -0.2) is 0 Å². The molecule has 2 atom stereocenters. The molecule has 1 aliphatic carbocycles. The number of rotatable bonds is 1. The van der Waals surface area contributed by atoms with E-state index in [1.807, 2.05) is 0 Å². The highest BCUT2D eigenvalue weighted by molar-refractivity contribution is 5.82. The minimum atomic E-state index is 0.577. The molecular formula is C12H22N2. The monoisotopic (exact) mass is 194 g/mol. The highest BCUT2D eigenvalue weighted by atomic mass is 15.2. The normalized spacial score (nSPS) is 33.4. The molecule has 1 heterocycles. The maximum atomic E-state index is 8.24. The molecule has 0 spiro atoms. The average molecular weight is 194 g/mol. The van der Waals surface area contributed by atoms with Crippen molar-refractivity contribution < 1.29 is 0 Å². The summed E-state index contributed by atoms with van der Waals surface area (Å²) in [5.41, 5.74) is 0. The first-order chi connectivity index (χ1) is 6.79. The van der Waals surface area contributed by atoms with Gasteiger partial charge < -0.3 is 4.90 Å². The van der Waals surface area contributed by atoms with E-state index in [0.29, 0.717) is 5.92 Å². The highest BCUT2D eigenvalue weighted by Gasteiger charge is 2.30. The maximum Gasteiger partial charge on any atom is 0.0992 e. The van der Waals surface area contributed by atoms with E-state index in [0.717, 1.165) is 24.8 Å². The molecule has 0 bridgehead atoms. The van der Waals surface area contributed by atoms with Crippen molar-refractivity contribution in [2.75, 3.05) is 13.1 Å². The second-order valence-electron chi connectivity index (χ2n) is 4.95. The lowest BCUT2D eigenvalue weighted by Gasteiger charge is -2.33. The number of likely N-dealkylation sites (tertiary alicyclic amines) is 1. The Labute approximate surface area is 87.2 Å². The predicted molar refractivity (Wildman–Crippen MR) is 59.7 cm³/mol. The second kappa shape index (κ2) is 4.33. The summed E-state index contributed by atoms with van der Waals surface area (Å²) in [6, 6.07) is 0. The zero-order chi connectivity index (χ0) is 9.97. The van der Waals surface area contributed by atoms with Crippen LogP contribution in [0.1, 0.15) is 45.4 Å². The van der Waals surface area contributed by atoms with E-state index in [4.69, 9.17) is 5.41 Å². The van der Waals surface area contributed by atoms with Crippen molar-refractivity contribution >= 4 is 5.84 Å². The number of hydrogen-bond acceptors (Lipinski definition) is 1. The second-order valence-corrected chi connectivity index (χ2v) is 4.95. The predicted octanol–water partition coefficient (Wildman–Crippen LogP) is 2.89. The van der Waals surface area contributed by atoms with Gasteiger partial charge in [-0.05, 0) is 38.0 Å². The minimum absolute atomic E-state index is 0.577. The van der Waals surface area contributed by atoms with Gasteiger partial charge in [0.15, 0.2) is 0 Å². The van der Waals surface area contributed by atoms with E-state index in [2.05, 4.69) is 11.8 Å². The Hall–Kier alpha value is -0.530. The molecule has 2 rings (SSSR count). The molecule has 80 valence electrons. The van der Waals surface area contributed by atoms with Gasteiger partial charge in [-0.1, -0.05) is 13.3 Å². The molecule has 1 N–H and O–H groups in total. The summed E-state index contributed by atoms with van der Waals surface area (Å²) >= 11 is 0. The van der Waals surface area contributed by atoms with Gasteiger partial charge in [0, 0.05) is 19.0 Å².